The predicted octanol–water partition coefficient (Wildman–Crippen LogP) is 4.53. The van der Waals surface area contributed by atoms with Crippen LogP contribution in [0.4, 0.5) is 10.5 Å². The van der Waals surface area contributed by atoms with Crippen LogP contribution in [0.25, 0.3) is 0 Å². The van der Waals surface area contributed by atoms with Crippen LogP contribution in [0, 0.1) is 11.3 Å². The number of halogens is 2. The maximum atomic E-state index is 12.3. The molecule has 0 aliphatic carbocycles. The Hall–Kier alpha value is -2.87. The summed E-state index contributed by atoms with van der Waals surface area (Å²) in [6, 6.07) is 11.4. The van der Waals surface area contributed by atoms with E-state index in [1.54, 1.807) is 36.4 Å². The van der Waals surface area contributed by atoms with Crippen LogP contribution in [0.15, 0.2) is 57.5 Å². The molecule has 0 saturated carbocycles. The van der Waals surface area contributed by atoms with Gasteiger partial charge >= 0.3 is 6.09 Å². The summed E-state index contributed by atoms with van der Waals surface area (Å²) in [4.78, 5) is 23.5. The van der Waals surface area contributed by atoms with Crippen LogP contribution in [0.2, 0.25) is 0 Å². The highest BCUT2D eigenvalue weighted by molar-refractivity contribution is 9.11. The SMILES string of the molecule is N#Cc1ccc(NC(=O)O[C@@H](C/C=C/C(=O)NO)c2cc(Br)cc(Br)c2O)cc1. The molecule has 0 heterocycles. The van der Waals surface area contributed by atoms with E-state index in [0.29, 0.717) is 25.8 Å². The first-order valence-corrected chi connectivity index (χ1v) is 9.69. The number of hydrogen-bond acceptors (Lipinski definition) is 6. The van der Waals surface area contributed by atoms with Crippen molar-refractivity contribution in [1.29, 1.82) is 5.26 Å². The number of phenolic OH excluding ortho intramolecular Hbond substituents is 1. The molecular formula is C19H15Br2N3O5. The van der Waals surface area contributed by atoms with Gasteiger partial charge in [-0.3, -0.25) is 15.3 Å². The monoisotopic (exact) mass is 523 g/mol. The Morgan fingerprint density at radius 1 is 1.24 bits per heavy atom. The average Bonchev–Trinajstić information content (AvgIpc) is 2.70. The Labute approximate surface area is 183 Å². The van der Waals surface area contributed by atoms with E-state index in [1.165, 1.54) is 11.6 Å². The van der Waals surface area contributed by atoms with Crippen LogP contribution in [0.3, 0.4) is 0 Å². The van der Waals surface area contributed by atoms with E-state index in [0.717, 1.165) is 6.08 Å². The summed E-state index contributed by atoms with van der Waals surface area (Å²) in [6.45, 7) is 0. The number of aromatic hydroxyl groups is 1. The van der Waals surface area contributed by atoms with Crippen LogP contribution in [-0.4, -0.2) is 22.3 Å². The summed E-state index contributed by atoms with van der Waals surface area (Å²) < 4.78 is 6.46. The van der Waals surface area contributed by atoms with Crippen molar-refractivity contribution >= 4 is 49.5 Å². The van der Waals surface area contributed by atoms with Crippen molar-refractivity contribution in [3.63, 3.8) is 0 Å². The Kier molecular flexibility index (Phi) is 8.21. The fourth-order valence-electron chi connectivity index (χ4n) is 2.31. The van der Waals surface area contributed by atoms with Crippen LogP contribution in [-0.2, 0) is 9.53 Å². The van der Waals surface area contributed by atoms with Gasteiger partial charge in [-0.05, 0) is 52.3 Å². The van der Waals surface area contributed by atoms with Gasteiger partial charge in [-0.25, -0.2) is 10.3 Å². The van der Waals surface area contributed by atoms with Crippen molar-refractivity contribution in [3.8, 4) is 11.8 Å². The van der Waals surface area contributed by atoms with Crippen LogP contribution in [0.5, 0.6) is 5.75 Å². The van der Waals surface area contributed by atoms with Gasteiger partial charge in [-0.15, -0.1) is 0 Å². The molecule has 1 atom stereocenters. The van der Waals surface area contributed by atoms with Gasteiger partial charge in [0.05, 0.1) is 16.1 Å². The van der Waals surface area contributed by atoms with Gasteiger partial charge in [0.15, 0.2) is 0 Å². The molecule has 0 bridgehead atoms. The Bertz CT molecular complexity index is 971. The third kappa shape index (κ3) is 6.60. The summed E-state index contributed by atoms with van der Waals surface area (Å²) in [5, 5.41) is 30.3. The highest BCUT2D eigenvalue weighted by Gasteiger charge is 2.21. The zero-order valence-corrected chi connectivity index (χ0v) is 17.9. The molecule has 8 nitrogen and oxygen atoms in total. The second-order valence-corrected chi connectivity index (χ2v) is 7.42. The predicted molar refractivity (Wildman–Crippen MR) is 111 cm³/mol. The number of ether oxygens (including phenoxy) is 1. The van der Waals surface area contributed by atoms with Crippen molar-refractivity contribution in [2.45, 2.75) is 12.5 Å². The molecule has 0 spiro atoms. The fourth-order valence-corrected chi connectivity index (χ4v) is 3.57. The molecule has 0 radical (unpaired) electrons. The van der Waals surface area contributed by atoms with Gasteiger partial charge in [0.1, 0.15) is 11.9 Å². The Morgan fingerprint density at radius 3 is 2.55 bits per heavy atom. The zero-order chi connectivity index (χ0) is 21.4. The van der Waals surface area contributed by atoms with Gasteiger partial charge in [-0.2, -0.15) is 5.26 Å². The minimum absolute atomic E-state index is 0.0463. The Balaban J connectivity index is 2.22. The lowest BCUT2D eigenvalue weighted by molar-refractivity contribution is -0.124. The quantitative estimate of drug-likeness (QED) is 0.249. The van der Waals surface area contributed by atoms with E-state index in [1.807, 2.05) is 6.07 Å². The van der Waals surface area contributed by atoms with Crippen molar-refractivity contribution in [2.75, 3.05) is 5.32 Å². The molecule has 2 rings (SSSR count). The molecule has 10 heteroatoms. The second kappa shape index (κ2) is 10.6. The largest absolute Gasteiger partial charge is 0.506 e. The lowest BCUT2D eigenvalue weighted by atomic mass is 10.0. The number of hydrogen-bond donors (Lipinski definition) is 4. The van der Waals surface area contributed by atoms with E-state index in [2.05, 4.69) is 37.2 Å². The first-order chi connectivity index (χ1) is 13.8. The van der Waals surface area contributed by atoms with Gasteiger partial charge in [0.25, 0.3) is 5.91 Å². The number of nitriles is 1. The molecule has 0 aliphatic heterocycles. The third-order valence-corrected chi connectivity index (χ3v) is 4.71. The lowest BCUT2D eigenvalue weighted by Crippen LogP contribution is -2.18. The first kappa shape index (κ1) is 22.4. The summed E-state index contributed by atoms with van der Waals surface area (Å²) in [5.41, 5.74) is 2.62. The number of carbonyl (C=O) groups excluding carboxylic acids is 2. The topological polar surface area (TPSA) is 132 Å². The molecule has 2 aromatic carbocycles. The van der Waals surface area contributed by atoms with Gasteiger partial charge in [0, 0.05) is 28.2 Å². The minimum atomic E-state index is -0.940. The molecule has 0 saturated heterocycles. The molecule has 29 heavy (non-hydrogen) atoms. The van der Waals surface area contributed by atoms with Crippen molar-refractivity contribution in [2.24, 2.45) is 0 Å². The van der Waals surface area contributed by atoms with E-state index in [-0.39, 0.29) is 12.2 Å². The number of phenols is 1. The number of rotatable bonds is 6. The van der Waals surface area contributed by atoms with Crippen molar-refractivity contribution < 1.29 is 24.6 Å². The van der Waals surface area contributed by atoms with Crippen LogP contribution >= 0.6 is 31.9 Å². The molecule has 0 unspecified atom stereocenters. The normalized spacial score (nSPS) is 11.5. The lowest BCUT2D eigenvalue weighted by Gasteiger charge is -2.19. The summed E-state index contributed by atoms with van der Waals surface area (Å²) >= 11 is 6.54. The molecule has 4 N–H and O–H groups in total. The number of nitrogens with one attached hydrogen (secondary N) is 2. The highest BCUT2D eigenvalue weighted by Crippen LogP contribution is 2.38. The summed E-state index contributed by atoms with van der Waals surface area (Å²) in [6.07, 6.45) is 0.767. The summed E-state index contributed by atoms with van der Waals surface area (Å²) in [7, 11) is 0. The molecule has 0 aliphatic rings. The minimum Gasteiger partial charge on any atom is -0.506 e. The number of nitrogens with zero attached hydrogens (tertiary/aromatic N) is 1. The average molecular weight is 525 g/mol. The number of anilines is 1. The fraction of sp³-hybridized carbons (Fsp3) is 0.105. The van der Waals surface area contributed by atoms with Crippen LogP contribution in [0.1, 0.15) is 23.7 Å². The number of benzene rings is 2. The van der Waals surface area contributed by atoms with Gasteiger partial charge in [-0.1, -0.05) is 22.0 Å². The summed E-state index contributed by atoms with van der Waals surface area (Å²) in [5.74, 6) is -0.866. The number of amides is 2. The molecule has 150 valence electrons. The van der Waals surface area contributed by atoms with E-state index >= 15 is 0 Å². The second-order valence-electron chi connectivity index (χ2n) is 5.65. The van der Waals surface area contributed by atoms with E-state index in [9.17, 15) is 14.7 Å². The molecular weight excluding hydrogens is 510 g/mol. The zero-order valence-electron chi connectivity index (χ0n) is 14.7. The number of hydroxylamine groups is 1. The molecule has 0 fully saturated rings. The van der Waals surface area contributed by atoms with E-state index in [4.69, 9.17) is 15.2 Å². The number of carbonyl (C=O) groups is 2. The van der Waals surface area contributed by atoms with E-state index < -0.39 is 18.1 Å². The maximum absolute atomic E-state index is 12.3. The molecule has 0 aromatic heterocycles. The standard InChI is InChI=1S/C19H15Br2N3O5/c20-12-8-14(18(26)15(21)9-12)16(2-1-3-17(25)24-28)29-19(27)23-13-6-4-11(10-22)5-7-13/h1,3-9,16,26,28H,2H2,(H,23,27)(H,24,25)/b3-1+/t16-/m0/s1. The third-order valence-electron chi connectivity index (χ3n) is 3.64. The van der Waals surface area contributed by atoms with Gasteiger partial charge in [0.2, 0.25) is 0 Å². The first-order valence-electron chi connectivity index (χ1n) is 8.10. The maximum Gasteiger partial charge on any atom is 0.412 e. The molecule has 2 aromatic rings. The van der Waals surface area contributed by atoms with Crippen LogP contribution < -0.4 is 10.8 Å². The van der Waals surface area contributed by atoms with Crippen molar-refractivity contribution in [3.05, 3.63) is 68.6 Å². The molecule has 2 amide bonds. The Morgan fingerprint density at radius 2 is 1.93 bits per heavy atom. The smallest absolute Gasteiger partial charge is 0.412 e. The van der Waals surface area contributed by atoms with Gasteiger partial charge < -0.3 is 9.84 Å². The highest BCUT2D eigenvalue weighted by atomic mass is 79.9. The van der Waals surface area contributed by atoms with Crippen molar-refractivity contribution in [1.82, 2.24) is 5.48 Å².